The van der Waals surface area contributed by atoms with Crippen molar-refractivity contribution in [2.24, 2.45) is 0 Å². The third kappa shape index (κ3) is 3.86. The largest absolute Gasteiger partial charge is 0.388 e. The van der Waals surface area contributed by atoms with E-state index in [1.807, 2.05) is 25.7 Å². The molecule has 4 nitrogen and oxygen atoms in total. The van der Waals surface area contributed by atoms with Crippen LogP contribution in [-0.4, -0.2) is 70.6 Å². The van der Waals surface area contributed by atoms with Crippen LogP contribution in [-0.2, 0) is 4.79 Å². The third-order valence-corrected chi connectivity index (χ3v) is 5.34. The Kier molecular flexibility index (Phi) is 5.15. The molecule has 1 N–H and O–H groups in total. The number of hydrogen-bond acceptors (Lipinski definition) is 4. The van der Waals surface area contributed by atoms with Crippen LogP contribution in [0.2, 0.25) is 0 Å². The second-order valence-corrected chi connectivity index (χ2v) is 7.17. The predicted octanol–water partition coefficient (Wildman–Crippen LogP) is 1.19. The van der Waals surface area contributed by atoms with Crippen molar-refractivity contribution in [1.82, 2.24) is 9.80 Å². The molecule has 1 aliphatic carbocycles. The summed E-state index contributed by atoms with van der Waals surface area (Å²) in [5, 5.41) is 10.4. The zero-order valence-electron chi connectivity index (χ0n) is 12.1. The van der Waals surface area contributed by atoms with Crippen molar-refractivity contribution in [2.45, 2.75) is 44.2 Å². The zero-order valence-corrected chi connectivity index (χ0v) is 12.9. The second-order valence-electron chi connectivity index (χ2n) is 5.95. The van der Waals surface area contributed by atoms with E-state index in [-0.39, 0.29) is 11.9 Å². The van der Waals surface area contributed by atoms with Crippen LogP contribution in [0.3, 0.4) is 0 Å². The minimum atomic E-state index is -0.637. The van der Waals surface area contributed by atoms with Crippen LogP contribution in [0.4, 0.5) is 0 Å². The molecule has 110 valence electrons. The fourth-order valence-corrected chi connectivity index (χ4v) is 4.08. The summed E-state index contributed by atoms with van der Waals surface area (Å²) in [6.07, 6.45) is 3.83. The number of thioether (sulfide) groups is 1. The molecule has 0 bridgehead atoms. The van der Waals surface area contributed by atoms with Crippen LogP contribution in [0.15, 0.2) is 0 Å². The molecule has 2 aliphatic rings. The van der Waals surface area contributed by atoms with Gasteiger partial charge in [-0.25, -0.2) is 0 Å². The van der Waals surface area contributed by atoms with E-state index in [0.717, 1.165) is 50.3 Å². The molecule has 0 unspecified atom stereocenters. The van der Waals surface area contributed by atoms with Crippen LogP contribution in [0.1, 0.15) is 32.6 Å². The average Bonchev–Trinajstić information content (AvgIpc) is 2.84. The highest BCUT2D eigenvalue weighted by Crippen LogP contribution is 2.30. The number of amides is 1. The van der Waals surface area contributed by atoms with Gasteiger partial charge in [-0.1, -0.05) is 12.8 Å². The first-order valence-electron chi connectivity index (χ1n) is 7.31. The van der Waals surface area contributed by atoms with Gasteiger partial charge in [0.2, 0.25) is 5.91 Å². The van der Waals surface area contributed by atoms with Crippen LogP contribution in [0, 0.1) is 0 Å². The van der Waals surface area contributed by atoms with Crippen molar-refractivity contribution in [3.63, 3.8) is 0 Å². The topological polar surface area (TPSA) is 43.8 Å². The lowest BCUT2D eigenvalue weighted by molar-refractivity contribution is -0.138. The number of likely N-dealkylation sites (N-methyl/N-ethyl adjacent to an activating group) is 1. The highest BCUT2D eigenvalue weighted by Gasteiger charge is 2.35. The molecule has 5 heteroatoms. The highest BCUT2D eigenvalue weighted by molar-refractivity contribution is 7.99. The zero-order chi connectivity index (χ0) is 13.9. The van der Waals surface area contributed by atoms with E-state index in [1.165, 1.54) is 0 Å². The first-order valence-corrected chi connectivity index (χ1v) is 8.46. The smallest absolute Gasteiger partial charge is 0.239 e. The van der Waals surface area contributed by atoms with E-state index in [4.69, 9.17) is 0 Å². The van der Waals surface area contributed by atoms with E-state index >= 15 is 0 Å². The van der Waals surface area contributed by atoms with Gasteiger partial charge in [0.1, 0.15) is 0 Å². The average molecular weight is 286 g/mol. The second kappa shape index (κ2) is 6.46. The summed E-state index contributed by atoms with van der Waals surface area (Å²) >= 11 is 1.96. The van der Waals surface area contributed by atoms with Gasteiger partial charge in [-0.15, -0.1) is 0 Å². The summed E-state index contributed by atoms with van der Waals surface area (Å²) in [6, 6.07) is -0.0593. The van der Waals surface area contributed by atoms with Gasteiger partial charge in [0.15, 0.2) is 0 Å². The van der Waals surface area contributed by atoms with Gasteiger partial charge in [0.25, 0.3) is 0 Å². The summed E-state index contributed by atoms with van der Waals surface area (Å²) in [7, 11) is 1.83. The molecule has 1 aliphatic heterocycles. The molecule has 1 saturated heterocycles. The molecule has 0 spiro atoms. The predicted molar refractivity (Wildman–Crippen MR) is 79.4 cm³/mol. The summed E-state index contributed by atoms with van der Waals surface area (Å²) in [4.78, 5) is 16.4. The fourth-order valence-electron chi connectivity index (χ4n) is 3.15. The lowest BCUT2D eigenvalue weighted by atomic mass is 10.0. The quantitative estimate of drug-likeness (QED) is 0.843. The van der Waals surface area contributed by atoms with Crippen molar-refractivity contribution in [1.29, 1.82) is 0 Å². The molecule has 1 saturated carbocycles. The normalized spacial score (nSPS) is 25.2. The number of nitrogens with zero attached hydrogens (tertiary/aromatic N) is 2. The Morgan fingerprint density at radius 1 is 1.37 bits per heavy atom. The first kappa shape index (κ1) is 15.1. The lowest BCUT2D eigenvalue weighted by Gasteiger charge is -2.35. The molecule has 0 aromatic carbocycles. The number of rotatable bonds is 4. The SMILES string of the molecule is C[C@@H](C(=O)N(C)CC1(O)CCCC1)N1CCSCC1. The van der Waals surface area contributed by atoms with Crippen LogP contribution >= 0.6 is 11.8 Å². The maximum Gasteiger partial charge on any atom is 0.239 e. The van der Waals surface area contributed by atoms with Crippen molar-refractivity contribution in [3.8, 4) is 0 Å². The summed E-state index contributed by atoms with van der Waals surface area (Å²) in [5.41, 5.74) is -0.637. The molecule has 2 rings (SSSR count). The fraction of sp³-hybridized carbons (Fsp3) is 0.929. The molecule has 0 radical (unpaired) electrons. The first-order chi connectivity index (χ1) is 9.02. The Bertz CT molecular complexity index is 313. The Morgan fingerprint density at radius 2 is 1.95 bits per heavy atom. The Morgan fingerprint density at radius 3 is 2.53 bits per heavy atom. The van der Waals surface area contributed by atoms with Gasteiger partial charge in [-0.05, 0) is 19.8 Å². The van der Waals surface area contributed by atoms with Gasteiger partial charge in [0, 0.05) is 38.2 Å². The maximum absolute atomic E-state index is 12.4. The number of aliphatic hydroxyl groups is 1. The van der Waals surface area contributed by atoms with E-state index in [0.29, 0.717) is 6.54 Å². The number of carbonyl (C=O) groups is 1. The molecular weight excluding hydrogens is 260 g/mol. The number of carbonyl (C=O) groups excluding carboxylic acids is 1. The minimum Gasteiger partial charge on any atom is -0.388 e. The van der Waals surface area contributed by atoms with Crippen LogP contribution in [0.25, 0.3) is 0 Å². The molecule has 19 heavy (non-hydrogen) atoms. The highest BCUT2D eigenvalue weighted by atomic mass is 32.2. The van der Waals surface area contributed by atoms with Crippen molar-refractivity contribution < 1.29 is 9.90 Å². The minimum absolute atomic E-state index is 0.0593. The molecular formula is C14H26N2O2S. The molecule has 2 fully saturated rings. The molecule has 0 aromatic heterocycles. The van der Waals surface area contributed by atoms with Crippen LogP contribution < -0.4 is 0 Å². The molecule has 1 heterocycles. The van der Waals surface area contributed by atoms with Gasteiger partial charge in [-0.2, -0.15) is 11.8 Å². The van der Waals surface area contributed by atoms with Crippen LogP contribution in [0.5, 0.6) is 0 Å². The van der Waals surface area contributed by atoms with Crippen molar-refractivity contribution in [3.05, 3.63) is 0 Å². The van der Waals surface area contributed by atoms with Gasteiger partial charge in [0.05, 0.1) is 11.6 Å². The Balaban J connectivity index is 1.86. The summed E-state index contributed by atoms with van der Waals surface area (Å²) < 4.78 is 0. The third-order valence-electron chi connectivity index (χ3n) is 4.39. The van der Waals surface area contributed by atoms with Crippen molar-refractivity contribution in [2.75, 3.05) is 38.2 Å². The van der Waals surface area contributed by atoms with Gasteiger partial charge < -0.3 is 10.0 Å². The van der Waals surface area contributed by atoms with Crippen molar-refractivity contribution >= 4 is 17.7 Å². The summed E-state index contributed by atoms with van der Waals surface area (Å²) in [6.45, 7) is 4.47. The molecule has 0 aromatic rings. The standard InChI is InChI=1S/C14H26N2O2S/c1-12(16-7-9-19-10-8-16)13(17)15(2)11-14(18)5-3-4-6-14/h12,18H,3-11H2,1-2H3/t12-/m0/s1. The van der Waals surface area contributed by atoms with Gasteiger partial charge >= 0.3 is 0 Å². The van der Waals surface area contributed by atoms with E-state index < -0.39 is 5.60 Å². The summed E-state index contributed by atoms with van der Waals surface area (Å²) in [5.74, 6) is 2.38. The lowest BCUT2D eigenvalue weighted by Crippen LogP contribution is -2.51. The van der Waals surface area contributed by atoms with E-state index in [1.54, 1.807) is 4.90 Å². The Hall–Kier alpha value is -0.260. The monoisotopic (exact) mass is 286 g/mol. The number of hydrogen-bond donors (Lipinski definition) is 1. The molecule has 1 amide bonds. The van der Waals surface area contributed by atoms with Gasteiger partial charge in [-0.3, -0.25) is 9.69 Å². The Labute approximate surface area is 120 Å². The molecule has 1 atom stereocenters. The van der Waals surface area contributed by atoms with E-state index in [9.17, 15) is 9.90 Å². The maximum atomic E-state index is 12.4. The van der Waals surface area contributed by atoms with E-state index in [2.05, 4.69) is 4.90 Å².